The van der Waals surface area contributed by atoms with Crippen molar-refractivity contribution < 1.29 is 47.8 Å². The lowest BCUT2D eigenvalue weighted by Crippen LogP contribution is -2.54. The number of hydrogen-bond donors (Lipinski definition) is 3. The van der Waals surface area contributed by atoms with Crippen LogP contribution < -0.4 is 40.6 Å². The van der Waals surface area contributed by atoms with E-state index in [1.807, 2.05) is 4.57 Å². The summed E-state index contributed by atoms with van der Waals surface area (Å²) in [6.07, 6.45) is 7.24. The molecule has 0 aliphatic carbocycles. The van der Waals surface area contributed by atoms with E-state index in [4.69, 9.17) is 42.4 Å². The normalized spacial score (nSPS) is 15.9. The Labute approximate surface area is 442 Å². The smallest absolute Gasteiger partial charge is 0.319 e. The maximum absolute atomic E-state index is 14.6. The molecule has 6 aromatic rings. The fraction of sp³-hybridized carbons (Fsp3) is 0.340. The van der Waals surface area contributed by atoms with Crippen LogP contribution >= 0.6 is 23.2 Å². The molecular weight excluding hydrogens is 1030 g/mol. The van der Waals surface area contributed by atoms with Gasteiger partial charge in [0.25, 0.3) is 29.2 Å². The van der Waals surface area contributed by atoms with E-state index in [1.165, 1.54) is 60.3 Å². The van der Waals surface area contributed by atoms with E-state index in [1.54, 1.807) is 42.2 Å². The molecule has 7 heterocycles. The summed E-state index contributed by atoms with van der Waals surface area (Å²) < 4.78 is 21.3. The minimum absolute atomic E-state index is 0.00333. The number of halogens is 2. The average molecular weight is 1080 g/mol. The highest BCUT2D eigenvalue weighted by atomic mass is 35.5. The Morgan fingerprint density at radius 2 is 1.59 bits per heavy atom. The van der Waals surface area contributed by atoms with Crippen LogP contribution in [0.3, 0.4) is 0 Å². The molecular formula is C50H49Cl2N13O11. The summed E-state index contributed by atoms with van der Waals surface area (Å²) in [5.74, 6) is -2.95. The Hall–Kier alpha value is -8.51. The zero-order chi connectivity index (χ0) is 53.8. The van der Waals surface area contributed by atoms with Crippen LogP contribution in [0.25, 0.3) is 11.4 Å². The maximum Gasteiger partial charge on any atom is 0.319 e. The summed E-state index contributed by atoms with van der Waals surface area (Å²) in [6.45, 7) is 0.782. The van der Waals surface area contributed by atoms with Crippen molar-refractivity contribution in [3.8, 4) is 29.0 Å². The second-order valence-electron chi connectivity index (χ2n) is 17.9. The number of aryl methyl sites for hydroxylation is 2. The van der Waals surface area contributed by atoms with Gasteiger partial charge in [-0.2, -0.15) is 4.98 Å². The molecule has 7 amide bonds. The van der Waals surface area contributed by atoms with Gasteiger partial charge in [0.05, 0.1) is 54.4 Å². The fourth-order valence-corrected chi connectivity index (χ4v) is 9.60. The molecule has 3 N–H and O–H groups in total. The first kappa shape index (κ1) is 52.4. The summed E-state index contributed by atoms with van der Waals surface area (Å²) in [4.78, 5) is 119. The Morgan fingerprint density at radius 3 is 2.36 bits per heavy atom. The number of aromatic nitrogens is 8. The molecule has 3 aliphatic heterocycles. The third kappa shape index (κ3) is 10.8. The van der Waals surface area contributed by atoms with Crippen molar-refractivity contribution in [3.63, 3.8) is 0 Å². The van der Waals surface area contributed by atoms with E-state index in [0.717, 1.165) is 4.90 Å². The molecule has 2 aromatic carbocycles. The van der Waals surface area contributed by atoms with Gasteiger partial charge in [-0.1, -0.05) is 47.0 Å². The molecule has 2 atom stereocenters. The summed E-state index contributed by atoms with van der Waals surface area (Å²) >= 11 is 12.8. The van der Waals surface area contributed by atoms with Crippen LogP contribution in [0.4, 0.5) is 5.69 Å². The van der Waals surface area contributed by atoms with Crippen LogP contribution in [0.1, 0.15) is 99.1 Å². The van der Waals surface area contributed by atoms with Gasteiger partial charge in [0, 0.05) is 56.9 Å². The van der Waals surface area contributed by atoms with E-state index in [0.29, 0.717) is 72.1 Å². The summed E-state index contributed by atoms with van der Waals surface area (Å²) in [5, 5.41) is 17.0. The third-order valence-corrected chi connectivity index (χ3v) is 13.3. The number of anilines is 1. The second-order valence-corrected chi connectivity index (χ2v) is 18.8. The molecule has 24 nitrogen and oxygen atoms in total. The van der Waals surface area contributed by atoms with Crippen molar-refractivity contribution in [3.05, 3.63) is 121 Å². The van der Waals surface area contributed by atoms with Crippen molar-refractivity contribution in [2.45, 2.75) is 76.7 Å². The molecule has 76 heavy (non-hydrogen) atoms. The standard InChI is InChI=1S/C50H49Cl2N13O11/c1-61-24-29(52)20-36(48(61)72)64-41(27-9-11-28(51)12-10-27)42-40(49(64)73)57-43(34-23-55-50(75-3)58-45(34)74-2)63(42)19-7-18-62-25-30(59-60-62)22-54-37(66)8-5-4-6-17-53-39(68)26-76-31-13-14-32-33(21-31)47(71)65(46(32)70)35-15-16-38(67)56-44(35)69/h9-14,20-21,23-25,35,41H,4-8,15-19,22,26H2,1-3H3,(H,53,68)(H,54,66)(H,56,67,69)/t35?,41-/m1/s1. The molecule has 0 saturated carbocycles. The number of fused-ring (bicyclic) bond motifs is 2. The van der Waals surface area contributed by atoms with Crippen LogP contribution in [0.15, 0.2) is 71.9 Å². The topological polar surface area (TPSA) is 286 Å². The zero-order valence-corrected chi connectivity index (χ0v) is 42.7. The highest BCUT2D eigenvalue weighted by Gasteiger charge is 2.47. The number of benzene rings is 2. The summed E-state index contributed by atoms with van der Waals surface area (Å²) in [5.41, 5.74) is 1.92. The number of rotatable bonds is 21. The maximum atomic E-state index is 14.6. The molecule has 1 unspecified atom stereocenters. The molecule has 0 radical (unpaired) electrons. The Kier molecular flexibility index (Phi) is 15.5. The number of methoxy groups -OCH3 is 2. The summed E-state index contributed by atoms with van der Waals surface area (Å²) in [7, 11) is 4.42. The molecule has 1 saturated heterocycles. The quantitative estimate of drug-likeness (QED) is 0.0686. The molecule has 1 fully saturated rings. The van der Waals surface area contributed by atoms with E-state index < -0.39 is 53.1 Å². The SMILES string of the molecule is COc1ncc(-c2nc3c(n2CCCn2cc(CNC(=O)CCCCCNC(=O)COc4ccc5c(c4)C(=O)N(C4CCC(=O)NC4=O)C5=O)nn2)[C@@H](c2ccc(Cl)cc2)N(c2cc(Cl)cn(C)c2=O)C3=O)c(OC)n1. The molecule has 0 spiro atoms. The molecule has 3 aliphatic rings. The largest absolute Gasteiger partial charge is 0.484 e. The number of ether oxygens (including phenoxy) is 3. The molecule has 0 bridgehead atoms. The first-order valence-corrected chi connectivity index (χ1v) is 24.8. The lowest BCUT2D eigenvalue weighted by molar-refractivity contribution is -0.136. The van der Waals surface area contributed by atoms with E-state index in [9.17, 15) is 38.4 Å². The number of carbonyl (C=O) groups excluding carboxylic acids is 7. The second kappa shape index (κ2) is 22.5. The third-order valence-electron chi connectivity index (χ3n) is 12.9. The molecule has 394 valence electrons. The number of imidazole rings is 1. The van der Waals surface area contributed by atoms with E-state index in [2.05, 4.69) is 36.2 Å². The van der Waals surface area contributed by atoms with Crippen LogP contribution in [0.5, 0.6) is 17.6 Å². The predicted octanol–water partition coefficient (Wildman–Crippen LogP) is 3.57. The highest BCUT2D eigenvalue weighted by Crippen LogP contribution is 2.44. The summed E-state index contributed by atoms with van der Waals surface area (Å²) in [6, 6.07) is 10.7. The van der Waals surface area contributed by atoms with E-state index in [-0.39, 0.29) is 90.0 Å². The number of amides is 7. The number of pyridine rings is 1. The molecule has 9 rings (SSSR count). The van der Waals surface area contributed by atoms with Crippen LogP contribution in [0, 0.1) is 0 Å². The minimum atomic E-state index is -1.10. The van der Waals surface area contributed by atoms with Crippen molar-refractivity contribution >= 4 is 70.2 Å². The first-order chi connectivity index (χ1) is 36.6. The number of nitrogens with zero attached hydrogens (tertiary/aromatic N) is 10. The lowest BCUT2D eigenvalue weighted by atomic mass is 10.0. The van der Waals surface area contributed by atoms with Crippen LogP contribution in [0.2, 0.25) is 10.0 Å². The van der Waals surface area contributed by atoms with Gasteiger partial charge in [0.15, 0.2) is 12.3 Å². The van der Waals surface area contributed by atoms with Crippen molar-refractivity contribution in [1.82, 2.24) is 59.9 Å². The predicted molar refractivity (Wildman–Crippen MR) is 270 cm³/mol. The average Bonchev–Trinajstić information content (AvgIpc) is 4.26. The van der Waals surface area contributed by atoms with Crippen molar-refractivity contribution in [1.29, 1.82) is 0 Å². The van der Waals surface area contributed by atoms with Gasteiger partial charge in [-0.3, -0.25) is 58.2 Å². The monoisotopic (exact) mass is 1080 g/mol. The van der Waals surface area contributed by atoms with Crippen molar-refractivity contribution in [2.75, 3.05) is 32.3 Å². The number of nitrogens with one attached hydrogen (secondary N) is 3. The Morgan fingerprint density at radius 1 is 0.803 bits per heavy atom. The van der Waals surface area contributed by atoms with Crippen LogP contribution in [-0.4, -0.2) is 119 Å². The van der Waals surface area contributed by atoms with Gasteiger partial charge in [0.2, 0.25) is 23.6 Å². The Balaban J connectivity index is 0.765. The number of unbranched alkanes of at least 4 members (excludes halogenated alkanes) is 2. The lowest BCUT2D eigenvalue weighted by Gasteiger charge is -2.27. The minimum Gasteiger partial charge on any atom is -0.484 e. The number of carbonyl (C=O) groups is 7. The van der Waals surface area contributed by atoms with Gasteiger partial charge >= 0.3 is 6.01 Å². The van der Waals surface area contributed by atoms with Gasteiger partial charge < -0.3 is 34.0 Å². The van der Waals surface area contributed by atoms with Gasteiger partial charge in [-0.15, -0.1) is 5.10 Å². The highest BCUT2D eigenvalue weighted by molar-refractivity contribution is 6.31. The Bertz CT molecular complexity index is 3360. The molecule has 4 aromatic heterocycles. The van der Waals surface area contributed by atoms with Crippen molar-refractivity contribution in [2.24, 2.45) is 7.05 Å². The van der Waals surface area contributed by atoms with Gasteiger partial charge in [-0.25, -0.2) is 9.97 Å². The number of hydrogen-bond acceptors (Lipinski definition) is 16. The van der Waals surface area contributed by atoms with E-state index >= 15 is 0 Å². The van der Waals surface area contributed by atoms with Gasteiger partial charge in [-0.05, 0) is 67.6 Å². The first-order valence-electron chi connectivity index (χ1n) is 24.1. The zero-order valence-electron chi connectivity index (χ0n) is 41.2. The number of piperidine rings is 1. The van der Waals surface area contributed by atoms with Gasteiger partial charge in [0.1, 0.15) is 35.0 Å². The fourth-order valence-electron chi connectivity index (χ4n) is 9.22. The number of imide groups is 2. The molecule has 26 heteroatoms. The van der Waals surface area contributed by atoms with Crippen LogP contribution in [-0.2, 0) is 45.9 Å².